The molecule has 78 valence electrons. The average Bonchev–Trinajstić information content (AvgIpc) is 3.03. The zero-order valence-corrected chi connectivity index (χ0v) is 8.31. The van der Waals surface area contributed by atoms with Crippen molar-refractivity contribution in [2.24, 2.45) is 0 Å². The van der Waals surface area contributed by atoms with E-state index in [-0.39, 0.29) is 5.97 Å². The predicted molar refractivity (Wildman–Crippen MR) is 55.5 cm³/mol. The van der Waals surface area contributed by atoms with Gasteiger partial charge < -0.3 is 9.47 Å². The van der Waals surface area contributed by atoms with Crippen molar-refractivity contribution in [3.63, 3.8) is 0 Å². The van der Waals surface area contributed by atoms with Gasteiger partial charge in [0.1, 0.15) is 0 Å². The Bertz CT molecular complexity index is 363. The molecule has 1 aromatic carbocycles. The third kappa shape index (κ3) is 2.67. The lowest BCUT2D eigenvalue weighted by Gasteiger charge is -2.01. The van der Waals surface area contributed by atoms with Crippen LogP contribution >= 0.6 is 0 Å². The maximum Gasteiger partial charge on any atom is 0.342 e. The summed E-state index contributed by atoms with van der Waals surface area (Å²) in [6, 6.07) is 7.34. The predicted octanol–water partition coefficient (Wildman–Crippen LogP) is 1.93. The lowest BCUT2D eigenvalue weighted by atomic mass is 10.1. The summed E-state index contributed by atoms with van der Waals surface area (Å²) in [5, 5.41) is 0. The quantitative estimate of drug-likeness (QED) is 0.427. The first-order chi connectivity index (χ1) is 7.29. The number of ether oxygens (including phenoxy) is 2. The van der Waals surface area contributed by atoms with Crippen LogP contribution in [-0.2, 0) is 15.9 Å². The SMILES string of the molecule is C=COC(=O)c1ccc(CC2CO2)cc1. The van der Waals surface area contributed by atoms with Crippen LogP contribution in [0.3, 0.4) is 0 Å². The van der Waals surface area contributed by atoms with Gasteiger partial charge in [0.05, 0.1) is 24.5 Å². The van der Waals surface area contributed by atoms with Gasteiger partial charge in [-0.3, -0.25) is 0 Å². The standard InChI is InChI=1S/C12H12O3/c1-2-14-12(13)10-5-3-9(4-6-10)7-11-8-15-11/h2-6,11H,1,7-8H2. The second kappa shape index (κ2) is 4.28. The molecule has 2 rings (SSSR count). The minimum atomic E-state index is -0.376. The van der Waals surface area contributed by atoms with Crippen LogP contribution in [0.4, 0.5) is 0 Å². The van der Waals surface area contributed by atoms with Crippen LogP contribution in [0.15, 0.2) is 37.1 Å². The van der Waals surface area contributed by atoms with E-state index in [4.69, 9.17) is 4.74 Å². The van der Waals surface area contributed by atoms with Crippen LogP contribution in [-0.4, -0.2) is 18.7 Å². The van der Waals surface area contributed by atoms with Gasteiger partial charge in [-0.25, -0.2) is 4.79 Å². The number of hydrogen-bond acceptors (Lipinski definition) is 3. The highest BCUT2D eigenvalue weighted by Gasteiger charge is 2.22. The molecule has 1 saturated heterocycles. The molecule has 0 amide bonds. The van der Waals surface area contributed by atoms with E-state index in [0.29, 0.717) is 11.7 Å². The summed E-state index contributed by atoms with van der Waals surface area (Å²) in [4.78, 5) is 11.3. The zero-order valence-electron chi connectivity index (χ0n) is 8.31. The summed E-state index contributed by atoms with van der Waals surface area (Å²) in [7, 11) is 0. The van der Waals surface area contributed by atoms with E-state index < -0.39 is 0 Å². The van der Waals surface area contributed by atoms with Crippen molar-refractivity contribution < 1.29 is 14.3 Å². The minimum Gasteiger partial charge on any atom is -0.432 e. The molecule has 0 saturated carbocycles. The van der Waals surface area contributed by atoms with E-state index in [0.717, 1.165) is 19.3 Å². The summed E-state index contributed by atoms with van der Waals surface area (Å²) >= 11 is 0. The van der Waals surface area contributed by atoms with Crippen molar-refractivity contribution >= 4 is 5.97 Å². The number of benzene rings is 1. The topological polar surface area (TPSA) is 38.8 Å². The number of esters is 1. The number of carbonyl (C=O) groups excluding carboxylic acids is 1. The highest BCUT2D eigenvalue weighted by Crippen LogP contribution is 2.16. The molecule has 0 N–H and O–H groups in total. The van der Waals surface area contributed by atoms with Crippen LogP contribution < -0.4 is 0 Å². The van der Waals surface area contributed by atoms with Crippen LogP contribution in [0.1, 0.15) is 15.9 Å². The Labute approximate surface area is 88.3 Å². The van der Waals surface area contributed by atoms with Crippen LogP contribution in [0, 0.1) is 0 Å². The summed E-state index contributed by atoms with van der Waals surface area (Å²) in [5.41, 5.74) is 1.71. The van der Waals surface area contributed by atoms with Gasteiger partial charge in [-0.05, 0) is 17.7 Å². The molecular weight excluding hydrogens is 192 g/mol. The Balaban J connectivity index is 2.01. The Kier molecular flexibility index (Phi) is 2.83. The fraction of sp³-hybridized carbons (Fsp3) is 0.250. The molecule has 3 heteroatoms. The van der Waals surface area contributed by atoms with Gasteiger partial charge in [-0.1, -0.05) is 18.7 Å². The third-order valence-corrected chi connectivity index (χ3v) is 2.25. The molecule has 0 aliphatic carbocycles. The van der Waals surface area contributed by atoms with Gasteiger partial charge in [-0.2, -0.15) is 0 Å². The molecule has 1 aliphatic heterocycles. The first-order valence-corrected chi connectivity index (χ1v) is 4.82. The van der Waals surface area contributed by atoms with Crippen molar-refractivity contribution in [3.8, 4) is 0 Å². The van der Waals surface area contributed by atoms with Crippen LogP contribution in [0.2, 0.25) is 0 Å². The fourth-order valence-electron chi connectivity index (χ4n) is 1.37. The molecule has 15 heavy (non-hydrogen) atoms. The van der Waals surface area contributed by atoms with Crippen molar-refractivity contribution in [1.29, 1.82) is 0 Å². The maximum atomic E-state index is 11.3. The molecule has 0 aromatic heterocycles. The minimum absolute atomic E-state index is 0.371. The van der Waals surface area contributed by atoms with Gasteiger partial charge in [0.2, 0.25) is 0 Å². The number of rotatable bonds is 4. The van der Waals surface area contributed by atoms with Crippen molar-refractivity contribution in [2.75, 3.05) is 6.61 Å². The highest BCUT2D eigenvalue weighted by atomic mass is 16.6. The smallest absolute Gasteiger partial charge is 0.342 e. The summed E-state index contributed by atoms with van der Waals surface area (Å²) in [6.45, 7) is 4.18. The fourth-order valence-corrected chi connectivity index (χ4v) is 1.37. The lowest BCUT2D eigenvalue weighted by molar-refractivity contribution is 0.0664. The van der Waals surface area contributed by atoms with E-state index in [1.165, 1.54) is 5.56 Å². The van der Waals surface area contributed by atoms with Crippen molar-refractivity contribution in [2.45, 2.75) is 12.5 Å². The third-order valence-electron chi connectivity index (χ3n) is 2.25. The first kappa shape index (κ1) is 9.93. The van der Waals surface area contributed by atoms with E-state index in [9.17, 15) is 4.79 Å². The molecule has 1 fully saturated rings. The summed E-state index contributed by atoms with van der Waals surface area (Å²) in [5.74, 6) is -0.376. The first-order valence-electron chi connectivity index (χ1n) is 4.82. The number of hydrogen-bond donors (Lipinski definition) is 0. The van der Waals surface area contributed by atoms with E-state index in [1.54, 1.807) is 12.1 Å². The van der Waals surface area contributed by atoms with Gasteiger partial charge >= 0.3 is 5.97 Å². The lowest BCUT2D eigenvalue weighted by Crippen LogP contribution is -2.01. The van der Waals surface area contributed by atoms with E-state index >= 15 is 0 Å². The van der Waals surface area contributed by atoms with Crippen molar-refractivity contribution in [3.05, 3.63) is 48.2 Å². The second-order valence-electron chi connectivity index (χ2n) is 3.43. The second-order valence-corrected chi connectivity index (χ2v) is 3.43. The monoisotopic (exact) mass is 204 g/mol. The Morgan fingerprint density at radius 1 is 1.53 bits per heavy atom. The molecule has 1 unspecified atom stereocenters. The van der Waals surface area contributed by atoms with E-state index in [2.05, 4.69) is 11.3 Å². The largest absolute Gasteiger partial charge is 0.432 e. The number of carbonyl (C=O) groups is 1. The van der Waals surface area contributed by atoms with Gasteiger partial charge in [0, 0.05) is 6.42 Å². The summed E-state index contributed by atoms with van der Waals surface area (Å²) < 4.78 is 9.79. The van der Waals surface area contributed by atoms with Crippen molar-refractivity contribution in [1.82, 2.24) is 0 Å². The van der Waals surface area contributed by atoms with Crippen LogP contribution in [0.25, 0.3) is 0 Å². The summed E-state index contributed by atoms with van der Waals surface area (Å²) in [6.07, 6.45) is 2.42. The molecule has 3 nitrogen and oxygen atoms in total. The maximum absolute atomic E-state index is 11.3. The Morgan fingerprint density at radius 2 is 2.20 bits per heavy atom. The molecular formula is C12H12O3. The molecule has 0 bridgehead atoms. The van der Waals surface area contributed by atoms with E-state index in [1.807, 2.05) is 12.1 Å². The molecule has 1 aliphatic rings. The highest BCUT2D eigenvalue weighted by molar-refractivity contribution is 5.89. The Morgan fingerprint density at radius 3 is 2.73 bits per heavy atom. The van der Waals surface area contributed by atoms with Gasteiger partial charge in [0.15, 0.2) is 0 Å². The van der Waals surface area contributed by atoms with Gasteiger partial charge in [-0.15, -0.1) is 0 Å². The zero-order chi connectivity index (χ0) is 10.7. The average molecular weight is 204 g/mol. The number of epoxide rings is 1. The molecule has 1 atom stereocenters. The van der Waals surface area contributed by atoms with Gasteiger partial charge in [0.25, 0.3) is 0 Å². The normalized spacial score (nSPS) is 18.3. The molecule has 0 spiro atoms. The molecule has 1 aromatic rings. The molecule has 0 radical (unpaired) electrons. The van der Waals surface area contributed by atoms with Crippen LogP contribution in [0.5, 0.6) is 0 Å². The Hall–Kier alpha value is -1.61. The molecule has 1 heterocycles.